The van der Waals surface area contributed by atoms with Crippen LogP contribution in [-0.2, 0) is 0 Å². The van der Waals surface area contributed by atoms with Gasteiger partial charge in [0, 0.05) is 11.1 Å². The fourth-order valence-corrected chi connectivity index (χ4v) is 1.44. The number of thiocarbonyl (C=S) groups is 1. The van der Waals surface area contributed by atoms with E-state index in [-0.39, 0.29) is 0 Å². The summed E-state index contributed by atoms with van der Waals surface area (Å²) in [6, 6.07) is 17.2. The zero-order valence-corrected chi connectivity index (χ0v) is 10.8. The standard InChI is InChI=1S/C14H10O2.CHNS/c15-13(11-7-3-1-4-8-11)14(16)12-9-5-2-6-10-12;2-1-3/h1-10H;2H. The van der Waals surface area contributed by atoms with Crippen LogP contribution >= 0.6 is 12.2 Å². The molecule has 0 radical (unpaired) electrons. The van der Waals surface area contributed by atoms with Gasteiger partial charge in [-0.25, -0.2) is 5.41 Å². The second kappa shape index (κ2) is 7.82. The molecule has 0 fully saturated rings. The Morgan fingerprint density at radius 2 is 1.05 bits per heavy atom. The number of rotatable bonds is 3. The van der Waals surface area contributed by atoms with Crippen molar-refractivity contribution in [2.75, 3.05) is 0 Å². The lowest BCUT2D eigenvalue weighted by Gasteiger charge is -1.99. The first-order valence-corrected chi connectivity index (χ1v) is 5.84. The molecule has 2 aromatic rings. The van der Waals surface area contributed by atoms with Crippen molar-refractivity contribution in [1.82, 2.24) is 0 Å². The third-order valence-corrected chi connectivity index (χ3v) is 2.28. The van der Waals surface area contributed by atoms with E-state index in [9.17, 15) is 9.59 Å². The van der Waals surface area contributed by atoms with Crippen LogP contribution in [0.4, 0.5) is 0 Å². The van der Waals surface area contributed by atoms with Crippen molar-refractivity contribution < 1.29 is 9.59 Å². The first-order valence-electron chi connectivity index (χ1n) is 5.43. The highest BCUT2D eigenvalue weighted by Crippen LogP contribution is 2.07. The molecule has 0 amide bonds. The maximum Gasteiger partial charge on any atom is 0.233 e. The lowest BCUT2D eigenvalue weighted by Crippen LogP contribution is -2.14. The quantitative estimate of drug-likeness (QED) is 0.402. The third kappa shape index (κ3) is 4.39. The Labute approximate surface area is 116 Å². The molecule has 2 aromatic carbocycles. The maximum absolute atomic E-state index is 11.8. The summed E-state index contributed by atoms with van der Waals surface area (Å²) in [4.78, 5) is 23.6. The third-order valence-electron chi connectivity index (χ3n) is 2.28. The van der Waals surface area contributed by atoms with Gasteiger partial charge in [0.05, 0.1) is 5.16 Å². The fourth-order valence-electron chi connectivity index (χ4n) is 1.44. The summed E-state index contributed by atoms with van der Waals surface area (Å²) in [6.07, 6.45) is 0. The average molecular weight is 269 g/mol. The summed E-state index contributed by atoms with van der Waals surface area (Å²) < 4.78 is 0. The van der Waals surface area contributed by atoms with Gasteiger partial charge in [-0.1, -0.05) is 60.7 Å². The molecule has 0 aliphatic rings. The van der Waals surface area contributed by atoms with Crippen LogP contribution in [0.25, 0.3) is 0 Å². The molecule has 0 aliphatic heterocycles. The van der Waals surface area contributed by atoms with E-state index >= 15 is 0 Å². The number of nitrogens with one attached hydrogen (secondary N) is 1. The van der Waals surface area contributed by atoms with Crippen LogP contribution in [0.2, 0.25) is 0 Å². The molecule has 19 heavy (non-hydrogen) atoms. The average Bonchev–Trinajstić information content (AvgIpc) is 2.48. The lowest BCUT2D eigenvalue weighted by atomic mass is 10.0. The maximum atomic E-state index is 11.8. The van der Waals surface area contributed by atoms with Crippen LogP contribution in [0.15, 0.2) is 60.7 Å². The van der Waals surface area contributed by atoms with Crippen molar-refractivity contribution in [1.29, 1.82) is 5.41 Å². The number of hydrogen-bond donors (Lipinski definition) is 1. The molecule has 4 heteroatoms. The Morgan fingerprint density at radius 1 is 0.789 bits per heavy atom. The molecule has 0 saturated heterocycles. The van der Waals surface area contributed by atoms with Gasteiger partial charge >= 0.3 is 0 Å². The summed E-state index contributed by atoms with van der Waals surface area (Å²) in [6.45, 7) is 0. The molecule has 94 valence electrons. The van der Waals surface area contributed by atoms with Crippen LogP contribution in [0.3, 0.4) is 0 Å². The number of Topliss-reactive ketones (excluding diaryl/α,β-unsaturated/α-hetero) is 2. The summed E-state index contributed by atoms with van der Waals surface area (Å²) in [5.74, 6) is -0.932. The summed E-state index contributed by atoms with van der Waals surface area (Å²) >= 11 is 3.81. The number of benzene rings is 2. The van der Waals surface area contributed by atoms with Crippen molar-refractivity contribution >= 4 is 28.9 Å². The zero-order valence-electron chi connectivity index (χ0n) is 10.00. The Hall–Kier alpha value is -2.42. The van der Waals surface area contributed by atoms with Crippen LogP contribution in [-0.4, -0.2) is 16.7 Å². The van der Waals surface area contributed by atoms with Crippen molar-refractivity contribution in [3.63, 3.8) is 0 Å². The fraction of sp³-hybridized carbons (Fsp3) is 0. The molecule has 0 aromatic heterocycles. The molecule has 0 atom stereocenters. The van der Waals surface area contributed by atoms with Gasteiger partial charge in [-0.05, 0) is 12.2 Å². The van der Waals surface area contributed by atoms with Gasteiger partial charge in [0.2, 0.25) is 11.6 Å². The van der Waals surface area contributed by atoms with Gasteiger partial charge in [-0.3, -0.25) is 9.59 Å². The molecule has 1 N–H and O–H groups in total. The van der Waals surface area contributed by atoms with Crippen LogP contribution in [0.1, 0.15) is 20.7 Å². The summed E-state index contributed by atoms with van der Waals surface area (Å²) in [5, 5.41) is 7.36. The SMILES string of the molecule is N=C=S.O=C(C(=O)c1ccccc1)c1ccccc1. The van der Waals surface area contributed by atoms with Crippen molar-refractivity contribution in [2.24, 2.45) is 0 Å². The molecule has 0 spiro atoms. The van der Waals surface area contributed by atoms with Crippen molar-refractivity contribution in [3.8, 4) is 0 Å². The molecule has 3 nitrogen and oxygen atoms in total. The molecule has 0 heterocycles. The van der Waals surface area contributed by atoms with Crippen molar-refractivity contribution in [2.45, 2.75) is 0 Å². The molecular weight excluding hydrogens is 258 g/mol. The highest BCUT2D eigenvalue weighted by molar-refractivity contribution is 7.78. The van der Waals surface area contributed by atoms with Crippen LogP contribution < -0.4 is 0 Å². The largest absolute Gasteiger partial charge is 0.285 e. The minimum absolute atomic E-state index is 0.427. The van der Waals surface area contributed by atoms with E-state index in [1.807, 2.05) is 12.1 Å². The van der Waals surface area contributed by atoms with Gasteiger partial charge in [0.25, 0.3) is 0 Å². The molecule has 0 unspecified atom stereocenters. The van der Waals surface area contributed by atoms with E-state index in [2.05, 4.69) is 12.2 Å². The Bertz CT molecular complexity index is 539. The lowest BCUT2D eigenvalue weighted by molar-refractivity contribution is 0.0817. The van der Waals surface area contributed by atoms with Gasteiger partial charge in [0.15, 0.2) is 0 Å². The number of ketones is 2. The monoisotopic (exact) mass is 269 g/mol. The molecular formula is C15H11NO2S. The minimum atomic E-state index is -0.466. The molecule has 0 bridgehead atoms. The normalized spacial score (nSPS) is 8.63. The Balaban J connectivity index is 0.000000550. The van der Waals surface area contributed by atoms with E-state index < -0.39 is 11.6 Å². The van der Waals surface area contributed by atoms with E-state index in [1.54, 1.807) is 53.7 Å². The Kier molecular flexibility index (Phi) is 6.03. The Morgan fingerprint density at radius 3 is 1.32 bits per heavy atom. The molecule has 0 saturated carbocycles. The van der Waals surface area contributed by atoms with Crippen LogP contribution in [0, 0.1) is 5.41 Å². The number of isothiocyanates is 1. The summed E-state index contributed by atoms with van der Waals surface area (Å²) in [7, 11) is 0. The number of hydrogen-bond acceptors (Lipinski definition) is 4. The predicted octanol–water partition coefficient (Wildman–Crippen LogP) is 3.42. The van der Waals surface area contributed by atoms with E-state index in [4.69, 9.17) is 5.41 Å². The van der Waals surface area contributed by atoms with Gasteiger partial charge in [0.1, 0.15) is 0 Å². The highest BCUT2D eigenvalue weighted by atomic mass is 32.1. The first-order chi connectivity index (χ1) is 9.20. The summed E-state index contributed by atoms with van der Waals surface area (Å²) in [5.41, 5.74) is 0.854. The number of carbonyl (C=O) groups is 2. The van der Waals surface area contributed by atoms with Crippen LogP contribution in [0.5, 0.6) is 0 Å². The topological polar surface area (TPSA) is 58.0 Å². The molecule has 0 aliphatic carbocycles. The second-order valence-electron chi connectivity index (χ2n) is 3.49. The van der Waals surface area contributed by atoms with Gasteiger partial charge < -0.3 is 0 Å². The zero-order chi connectivity index (χ0) is 14.1. The van der Waals surface area contributed by atoms with E-state index in [0.29, 0.717) is 11.1 Å². The van der Waals surface area contributed by atoms with E-state index in [1.165, 1.54) is 0 Å². The smallest absolute Gasteiger partial charge is 0.233 e. The van der Waals surface area contributed by atoms with Gasteiger partial charge in [-0.2, -0.15) is 0 Å². The second-order valence-corrected chi connectivity index (χ2v) is 3.70. The molecule has 2 rings (SSSR count). The van der Waals surface area contributed by atoms with E-state index in [0.717, 1.165) is 0 Å². The number of carbonyl (C=O) groups excluding carboxylic acids is 2. The predicted molar refractivity (Wildman–Crippen MR) is 76.9 cm³/mol. The highest BCUT2D eigenvalue weighted by Gasteiger charge is 2.16. The van der Waals surface area contributed by atoms with Crippen molar-refractivity contribution in [3.05, 3.63) is 71.8 Å². The van der Waals surface area contributed by atoms with Gasteiger partial charge in [-0.15, -0.1) is 0 Å². The minimum Gasteiger partial charge on any atom is -0.285 e. The first kappa shape index (κ1) is 14.6.